The van der Waals surface area contributed by atoms with Gasteiger partial charge in [-0.05, 0) is 36.6 Å². The molecule has 0 aromatic heterocycles. The van der Waals surface area contributed by atoms with E-state index in [1.54, 1.807) is 0 Å². The molecule has 0 radical (unpaired) electrons. The summed E-state index contributed by atoms with van der Waals surface area (Å²) in [5, 5.41) is 0.820. The highest BCUT2D eigenvalue weighted by Crippen LogP contribution is 2.34. The summed E-state index contributed by atoms with van der Waals surface area (Å²) in [6, 6.07) is 4.42. The molecule has 2 unspecified atom stereocenters. The van der Waals surface area contributed by atoms with Gasteiger partial charge in [-0.1, -0.05) is 18.5 Å². The number of benzene rings is 1. The lowest BCUT2D eigenvalue weighted by Crippen LogP contribution is -2.45. The Hall–Kier alpha value is -0.770. The fraction of sp³-hybridized carbons (Fsp3) is 0.600. The number of nitrogens with zero attached hydrogens (tertiary/aromatic N) is 1. The highest BCUT2D eigenvalue weighted by molar-refractivity contribution is 6.30. The zero-order valence-electron chi connectivity index (χ0n) is 11.4. The number of likely N-dealkylation sites (tertiary alicyclic amines) is 1. The van der Waals surface area contributed by atoms with E-state index in [0.717, 1.165) is 49.9 Å². The number of hydrogen-bond donors (Lipinski definition) is 1. The molecule has 2 aliphatic rings. The van der Waals surface area contributed by atoms with E-state index in [4.69, 9.17) is 22.1 Å². The lowest BCUT2D eigenvalue weighted by Gasteiger charge is -2.35. The Balaban J connectivity index is 1.77. The third-order valence-electron chi connectivity index (χ3n) is 4.28. The number of rotatable bonds is 2. The van der Waals surface area contributed by atoms with Crippen LogP contribution in [0.5, 0.6) is 5.75 Å². The van der Waals surface area contributed by atoms with Crippen LogP contribution >= 0.6 is 11.6 Å². The molecule has 1 aromatic carbocycles. The monoisotopic (exact) mass is 280 g/mol. The number of ether oxygens (including phenoxy) is 1. The van der Waals surface area contributed by atoms with Crippen molar-refractivity contribution in [2.24, 2.45) is 11.7 Å². The first-order chi connectivity index (χ1) is 9.13. The van der Waals surface area contributed by atoms with Gasteiger partial charge in [0.15, 0.2) is 0 Å². The van der Waals surface area contributed by atoms with Gasteiger partial charge in [0.2, 0.25) is 0 Å². The van der Waals surface area contributed by atoms with Gasteiger partial charge in [-0.25, -0.2) is 0 Å². The highest BCUT2D eigenvalue weighted by Gasteiger charge is 2.25. The minimum atomic E-state index is 0.345. The Bertz CT molecular complexity index is 477. The van der Waals surface area contributed by atoms with E-state index in [-0.39, 0.29) is 0 Å². The Kier molecular flexibility index (Phi) is 3.70. The normalized spacial score (nSPS) is 27.1. The second-order valence-corrected chi connectivity index (χ2v) is 6.25. The Morgan fingerprint density at radius 2 is 2.32 bits per heavy atom. The van der Waals surface area contributed by atoms with Crippen LogP contribution in [0.2, 0.25) is 5.02 Å². The molecule has 1 aromatic rings. The summed E-state index contributed by atoms with van der Waals surface area (Å²) in [5.74, 6) is 1.62. The first kappa shape index (κ1) is 13.2. The van der Waals surface area contributed by atoms with Crippen molar-refractivity contribution in [2.45, 2.75) is 32.4 Å². The van der Waals surface area contributed by atoms with Crippen LogP contribution in [0.25, 0.3) is 0 Å². The Morgan fingerprint density at radius 1 is 1.47 bits per heavy atom. The van der Waals surface area contributed by atoms with E-state index in [0.29, 0.717) is 12.0 Å². The van der Waals surface area contributed by atoms with Gasteiger partial charge in [-0.2, -0.15) is 0 Å². The smallest absolute Gasteiger partial charge is 0.127 e. The van der Waals surface area contributed by atoms with Crippen LogP contribution in [0.4, 0.5) is 0 Å². The van der Waals surface area contributed by atoms with Crippen molar-refractivity contribution < 1.29 is 4.74 Å². The molecular weight excluding hydrogens is 260 g/mol. The molecule has 3 rings (SSSR count). The summed E-state index contributed by atoms with van der Waals surface area (Å²) in [7, 11) is 0. The molecule has 2 atom stereocenters. The van der Waals surface area contributed by atoms with Crippen molar-refractivity contribution in [1.29, 1.82) is 0 Å². The molecule has 2 N–H and O–H groups in total. The van der Waals surface area contributed by atoms with Gasteiger partial charge in [0.1, 0.15) is 5.75 Å². The molecule has 0 amide bonds. The Morgan fingerprint density at radius 3 is 3.11 bits per heavy atom. The SMILES string of the molecule is CC1CN(Cc2cc(Cl)cc3c2OCC3)CCC1N. The fourth-order valence-corrected chi connectivity index (χ4v) is 3.36. The van der Waals surface area contributed by atoms with Gasteiger partial charge in [-0.3, -0.25) is 4.90 Å². The van der Waals surface area contributed by atoms with Crippen molar-refractivity contribution >= 4 is 11.6 Å². The van der Waals surface area contributed by atoms with Gasteiger partial charge in [0, 0.05) is 36.1 Å². The molecule has 2 heterocycles. The third kappa shape index (κ3) is 2.73. The Labute approximate surface area is 119 Å². The zero-order valence-corrected chi connectivity index (χ0v) is 12.1. The fourth-order valence-electron chi connectivity index (χ4n) is 3.10. The van der Waals surface area contributed by atoms with Crippen molar-refractivity contribution in [3.05, 3.63) is 28.3 Å². The van der Waals surface area contributed by atoms with Crippen LogP contribution in [-0.4, -0.2) is 30.6 Å². The molecule has 4 heteroatoms. The summed E-state index contributed by atoms with van der Waals surface area (Å²) in [5.41, 5.74) is 8.55. The molecule has 2 aliphatic heterocycles. The molecule has 1 fully saturated rings. The number of piperidine rings is 1. The van der Waals surface area contributed by atoms with Crippen molar-refractivity contribution in [1.82, 2.24) is 4.90 Å². The summed E-state index contributed by atoms with van der Waals surface area (Å²) in [6.07, 6.45) is 2.05. The molecule has 0 saturated carbocycles. The predicted molar refractivity (Wildman–Crippen MR) is 77.7 cm³/mol. The first-order valence-corrected chi connectivity index (χ1v) is 7.43. The molecule has 0 aliphatic carbocycles. The number of nitrogens with two attached hydrogens (primary N) is 1. The molecule has 104 valence electrons. The highest BCUT2D eigenvalue weighted by atomic mass is 35.5. The quantitative estimate of drug-likeness (QED) is 0.904. The molecular formula is C15H21ClN2O. The number of hydrogen-bond acceptors (Lipinski definition) is 3. The lowest BCUT2D eigenvalue weighted by molar-refractivity contribution is 0.156. The van der Waals surface area contributed by atoms with E-state index < -0.39 is 0 Å². The molecule has 0 bridgehead atoms. The maximum Gasteiger partial charge on any atom is 0.127 e. The second kappa shape index (κ2) is 5.31. The summed E-state index contributed by atoms with van der Waals surface area (Å²) >= 11 is 6.20. The van der Waals surface area contributed by atoms with Gasteiger partial charge >= 0.3 is 0 Å². The van der Waals surface area contributed by atoms with E-state index in [1.807, 2.05) is 12.1 Å². The second-order valence-electron chi connectivity index (χ2n) is 5.82. The van der Waals surface area contributed by atoms with Crippen molar-refractivity contribution in [3.63, 3.8) is 0 Å². The van der Waals surface area contributed by atoms with Gasteiger partial charge in [0.25, 0.3) is 0 Å². The molecule has 1 saturated heterocycles. The molecule has 19 heavy (non-hydrogen) atoms. The molecule has 3 nitrogen and oxygen atoms in total. The van der Waals surface area contributed by atoms with Crippen molar-refractivity contribution in [2.75, 3.05) is 19.7 Å². The predicted octanol–water partition coefficient (Wildman–Crippen LogP) is 2.44. The van der Waals surface area contributed by atoms with Crippen LogP contribution in [0.3, 0.4) is 0 Å². The van der Waals surface area contributed by atoms with E-state index in [9.17, 15) is 0 Å². The maximum absolute atomic E-state index is 6.20. The van der Waals surface area contributed by atoms with E-state index in [2.05, 4.69) is 11.8 Å². The number of halogens is 1. The van der Waals surface area contributed by atoms with Crippen LogP contribution < -0.4 is 10.5 Å². The van der Waals surface area contributed by atoms with E-state index in [1.165, 1.54) is 11.1 Å². The number of fused-ring (bicyclic) bond motifs is 1. The average molecular weight is 281 g/mol. The summed E-state index contributed by atoms with van der Waals surface area (Å²) in [4.78, 5) is 2.46. The van der Waals surface area contributed by atoms with Gasteiger partial charge in [-0.15, -0.1) is 0 Å². The van der Waals surface area contributed by atoms with E-state index >= 15 is 0 Å². The minimum Gasteiger partial charge on any atom is -0.493 e. The summed E-state index contributed by atoms with van der Waals surface area (Å²) < 4.78 is 5.76. The lowest BCUT2D eigenvalue weighted by atomic mass is 9.94. The van der Waals surface area contributed by atoms with Crippen LogP contribution in [0.1, 0.15) is 24.5 Å². The van der Waals surface area contributed by atoms with Gasteiger partial charge in [0.05, 0.1) is 6.61 Å². The zero-order chi connectivity index (χ0) is 13.4. The van der Waals surface area contributed by atoms with Crippen molar-refractivity contribution in [3.8, 4) is 5.75 Å². The van der Waals surface area contributed by atoms with Gasteiger partial charge < -0.3 is 10.5 Å². The summed E-state index contributed by atoms with van der Waals surface area (Å²) in [6.45, 7) is 6.05. The third-order valence-corrected chi connectivity index (χ3v) is 4.49. The molecule has 0 spiro atoms. The van der Waals surface area contributed by atoms with Crippen LogP contribution in [-0.2, 0) is 13.0 Å². The van der Waals surface area contributed by atoms with Crippen LogP contribution in [0.15, 0.2) is 12.1 Å². The largest absolute Gasteiger partial charge is 0.493 e. The van der Waals surface area contributed by atoms with Crippen LogP contribution in [0, 0.1) is 5.92 Å². The first-order valence-electron chi connectivity index (χ1n) is 7.05. The maximum atomic E-state index is 6.20. The minimum absolute atomic E-state index is 0.345. The average Bonchev–Trinajstić information content (AvgIpc) is 2.82. The topological polar surface area (TPSA) is 38.5 Å². The standard InChI is InChI=1S/C15H21ClN2O/c1-10-8-18(4-2-14(10)17)9-12-7-13(16)6-11-3-5-19-15(11)12/h6-7,10,14H,2-5,8-9,17H2,1H3.